The molecule has 0 aliphatic carbocycles. The molecule has 1 unspecified atom stereocenters. The van der Waals surface area contributed by atoms with Gasteiger partial charge in [-0.3, -0.25) is 4.79 Å². The highest BCUT2D eigenvalue weighted by Crippen LogP contribution is 2.29. The minimum absolute atomic E-state index is 0.187. The average Bonchev–Trinajstić information content (AvgIpc) is 3.34. The number of aromatic nitrogens is 4. The van der Waals surface area contributed by atoms with Gasteiger partial charge in [0, 0.05) is 23.7 Å². The molecule has 1 N–H and O–H groups in total. The van der Waals surface area contributed by atoms with Gasteiger partial charge in [0.15, 0.2) is 0 Å². The number of piperidine rings is 1. The van der Waals surface area contributed by atoms with Crippen molar-refractivity contribution in [2.45, 2.75) is 44.7 Å². The molecule has 2 aromatic rings. The third-order valence-corrected chi connectivity index (χ3v) is 6.08. The summed E-state index contributed by atoms with van der Waals surface area (Å²) in [6, 6.07) is 0.157. The van der Waals surface area contributed by atoms with Gasteiger partial charge in [-0.2, -0.15) is 0 Å². The maximum atomic E-state index is 12.8. The molecule has 1 amide bonds. The number of carbonyl (C=O) groups excluding carboxylic acids is 1. The fraction of sp³-hybridized carbons (Fsp3) is 0.625. The van der Waals surface area contributed by atoms with Gasteiger partial charge < -0.3 is 10.2 Å². The van der Waals surface area contributed by atoms with Crippen molar-refractivity contribution < 1.29 is 4.79 Å². The first-order valence-corrected chi connectivity index (χ1v) is 9.46. The average molecular weight is 346 g/mol. The lowest BCUT2D eigenvalue weighted by atomic mass is 10.1. The Morgan fingerprint density at radius 1 is 1.33 bits per heavy atom. The Morgan fingerprint density at radius 2 is 2.17 bits per heavy atom. The lowest BCUT2D eigenvalue weighted by Crippen LogP contribution is -2.44. The molecule has 7 nitrogen and oxygen atoms in total. The number of carbonyl (C=O) groups is 1. The Hall–Kier alpha value is -1.80. The summed E-state index contributed by atoms with van der Waals surface area (Å²) < 4.78 is 1.73. The number of aryl methyl sites for hydroxylation is 1. The summed E-state index contributed by atoms with van der Waals surface area (Å²) in [6.45, 7) is 4.92. The van der Waals surface area contributed by atoms with E-state index in [0.717, 1.165) is 56.0 Å². The zero-order valence-electron chi connectivity index (χ0n) is 13.8. The number of hydrogen-bond donors (Lipinski definition) is 1. The van der Waals surface area contributed by atoms with E-state index in [2.05, 4.69) is 27.5 Å². The van der Waals surface area contributed by atoms with E-state index in [1.165, 1.54) is 4.88 Å². The van der Waals surface area contributed by atoms with Crippen molar-refractivity contribution in [2.24, 2.45) is 0 Å². The molecule has 0 saturated carbocycles. The number of thiazole rings is 1. The molecule has 4 heterocycles. The van der Waals surface area contributed by atoms with Crippen LogP contribution in [-0.4, -0.2) is 56.5 Å². The summed E-state index contributed by atoms with van der Waals surface area (Å²) in [7, 11) is 0. The van der Waals surface area contributed by atoms with Gasteiger partial charge in [-0.15, -0.1) is 16.4 Å². The van der Waals surface area contributed by atoms with Crippen molar-refractivity contribution in [3.63, 3.8) is 0 Å². The van der Waals surface area contributed by atoms with Crippen LogP contribution in [0.5, 0.6) is 0 Å². The van der Waals surface area contributed by atoms with Crippen molar-refractivity contribution in [1.82, 2.24) is 30.2 Å². The lowest BCUT2D eigenvalue weighted by Gasteiger charge is -2.31. The van der Waals surface area contributed by atoms with Gasteiger partial charge in [0.25, 0.3) is 0 Å². The van der Waals surface area contributed by atoms with E-state index in [9.17, 15) is 4.79 Å². The number of amides is 1. The van der Waals surface area contributed by atoms with E-state index < -0.39 is 0 Å². The summed E-state index contributed by atoms with van der Waals surface area (Å²) in [5, 5.41) is 12.7. The molecule has 4 rings (SSSR count). The maximum absolute atomic E-state index is 12.8. The van der Waals surface area contributed by atoms with Crippen molar-refractivity contribution in [3.8, 4) is 10.7 Å². The Bertz CT molecular complexity index is 720. The highest BCUT2D eigenvalue weighted by molar-refractivity contribution is 7.14. The highest BCUT2D eigenvalue weighted by atomic mass is 32.1. The number of rotatable bonds is 4. The number of likely N-dealkylation sites (tertiary alicyclic amines) is 1. The van der Waals surface area contributed by atoms with Gasteiger partial charge in [0.05, 0.1) is 6.20 Å². The Labute approximate surface area is 145 Å². The van der Waals surface area contributed by atoms with Crippen molar-refractivity contribution >= 4 is 17.2 Å². The SMILES string of the molecule is CCc1cnc(-c2cn(C3CCN(C4CCNCC4)C3=O)nn2)s1. The topological polar surface area (TPSA) is 75.9 Å². The van der Waals surface area contributed by atoms with Gasteiger partial charge in [0.1, 0.15) is 16.7 Å². The monoisotopic (exact) mass is 346 g/mol. The standard InChI is InChI=1S/C16H22N6OS/c1-2-12-9-18-15(24-12)13-10-22(20-19-13)14-5-8-21(16(14)23)11-3-6-17-7-4-11/h9-11,14,17H,2-8H2,1H3. The van der Waals surface area contributed by atoms with Crippen LogP contribution in [-0.2, 0) is 11.2 Å². The molecule has 0 spiro atoms. The van der Waals surface area contributed by atoms with Crippen LogP contribution >= 0.6 is 11.3 Å². The Kier molecular flexibility index (Phi) is 4.32. The quantitative estimate of drug-likeness (QED) is 0.908. The van der Waals surface area contributed by atoms with Gasteiger partial charge in [-0.25, -0.2) is 9.67 Å². The second-order valence-corrected chi connectivity index (χ2v) is 7.50. The minimum Gasteiger partial charge on any atom is -0.338 e. The van der Waals surface area contributed by atoms with E-state index in [1.54, 1.807) is 16.0 Å². The van der Waals surface area contributed by atoms with Crippen LogP contribution in [0.3, 0.4) is 0 Å². The summed E-state index contributed by atoms with van der Waals surface area (Å²) in [4.78, 5) is 20.5. The zero-order chi connectivity index (χ0) is 16.5. The van der Waals surface area contributed by atoms with Crippen LogP contribution in [0.1, 0.15) is 37.1 Å². The third kappa shape index (κ3) is 2.84. The first-order valence-electron chi connectivity index (χ1n) is 8.64. The molecule has 1 atom stereocenters. The Morgan fingerprint density at radius 3 is 2.92 bits per heavy atom. The first-order chi connectivity index (χ1) is 11.8. The summed E-state index contributed by atoms with van der Waals surface area (Å²) >= 11 is 1.64. The van der Waals surface area contributed by atoms with Crippen LogP contribution in [0.15, 0.2) is 12.4 Å². The molecule has 2 fully saturated rings. The van der Waals surface area contributed by atoms with Gasteiger partial charge in [0.2, 0.25) is 5.91 Å². The van der Waals surface area contributed by atoms with Gasteiger partial charge in [-0.05, 0) is 38.8 Å². The molecular formula is C16H22N6OS. The fourth-order valence-electron chi connectivity index (χ4n) is 3.53. The Balaban J connectivity index is 1.49. The van der Waals surface area contributed by atoms with E-state index in [4.69, 9.17) is 0 Å². The van der Waals surface area contributed by atoms with E-state index in [1.807, 2.05) is 17.3 Å². The molecule has 2 aliphatic rings. The molecule has 2 saturated heterocycles. The predicted molar refractivity (Wildman–Crippen MR) is 91.8 cm³/mol. The fourth-order valence-corrected chi connectivity index (χ4v) is 4.33. The van der Waals surface area contributed by atoms with E-state index >= 15 is 0 Å². The lowest BCUT2D eigenvalue weighted by molar-refractivity contribution is -0.133. The molecule has 2 aromatic heterocycles. The first kappa shape index (κ1) is 15.7. The number of nitrogens with zero attached hydrogens (tertiary/aromatic N) is 5. The molecule has 8 heteroatoms. The van der Waals surface area contributed by atoms with Crippen LogP contribution in [0, 0.1) is 0 Å². The third-order valence-electron chi connectivity index (χ3n) is 4.91. The smallest absolute Gasteiger partial charge is 0.247 e. The van der Waals surface area contributed by atoms with Gasteiger partial charge in [-0.1, -0.05) is 12.1 Å². The highest BCUT2D eigenvalue weighted by Gasteiger charge is 2.38. The van der Waals surface area contributed by atoms with E-state index in [-0.39, 0.29) is 11.9 Å². The van der Waals surface area contributed by atoms with Crippen LogP contribution in [0.4, 0.5) is 0 Å². The van der Waals surface area contributed by atoms with E-state index in [0.29, 0.717) is 6.04 Å². The largest absolute Gasteiger partial charge is 0.338 e. The van der Waals surface area contributed by atoms with Gasteiger partial charge >= 0.3 is 0 Å². The van der Waals surface area contributed by atoms with Crippen molar-refractivity contribution in [1.29, 1.82) is 0 Å². The molecule has 0 aromatic carbocycles. The second kappa shape index (κ2) is 6.60. The summed E-state index contributed by atoms with van der Waals surface area (Å²) in [5.74, 6) is 0.187. The number of hydrogen-bond acceptors (Lipinski definition) is 6. The molecular weight excluding hydrogens is 324 g/mol. The van der Waals surface area contributed by atoms with Crippen LogP contribution < -0.4 is 5.32 Å². The zero-order valence-corrected chi connectivity index (χ0v) is 14.6. The maximum Gasteiger partial charge on any atom is 0.247 e. The van der Waals surface area contributed by atoms with Crippen LogP contribution in [0.2, 0.25) is 0 Å². The van der Waals surface area contributed by atoms with Crippen LogP contribution in [0.25, 0.3) is 10.7 Å². The predicted octanol–water partition coefficient (Wildman–Crippen LogP) is 1.49. The van der Waals surface area contributed by atoms with Crippen molar-refractivity contribution in [2.75, 3.05) is 19.6 Å². The molecule has 24 heavy (non-hydrogen) atoms. The molecule has 0 radical (unpaired) electrons. The normalized spacial score (nSPS) is 22.5. The second-order valence-electron chi connectivity index (χ2n) is 6.39. The molecule has 128 valence electrons. The number of nitrogens with one attached hydrogen (secondary N) is 1. The minimum atomic E-state index is -0.216. The molecule has 2 aliphatic heterocycles. The van der Waals surface area contributed by atoms with Crippen molar-refractivity contribution in [3.05, 3.63) is 17.3 Å². The summed E-state index contributed by atoms with van der Waals surface area (Å²) in [5.41, 5.74) is 0.757. The molecule has 0 bridgehead atoms. The summed E-state index contributed by atoms with van der Waals surface area (Å²) in [6.07, 6.45) is 7.62.